The number of nitrogens with zero attached hydrogens (tertiary/aromatic N) is 1. The zero-order valence-electron chi connectivity index (χ0n) is 14.9. The summed E-state index contributed by atoms with van der Waals surface area (Å²) in [6, 6.07) is 10.0. The van der Waals surface area contributed by atoms with Gasteiger partial charge in [0.1, 0.15) is 0 Å². The Morgan fingerprint density at radius 2 is 1.92 bits per heavy atom. The lowest BCUT2D eigenvalue weighted by atomic mass is 10.0. The van der Waals surface area contributed by atoms with Crippen LogP contribution in [0, 0.1) is 0 Å². The third kappa shape index (κ3) is 5.64. The van der Waals surface area contributed by atoms with Crippen LogP contribution in [0.5, 0.6) is 0 Å². The summed E-state index contributed by atoms with van der Waals surface area (Å²) >= 11 is 0. The molecule has 0 spiro atoms. The first-order chi connectivity index (χ1) is 11.5. The van der Waals surface area contributed by atoms with Gasteiger partial charge in [0.2, 0.25) is 11.8 Å². The summed E-state index contributed by atoms with van der Waals surface area (Å²) in [6.45, 7) is 4.20. The first-order valence-corrected chi connectivity index (χ1v) is 8.86. The molecule has 0 bridgehead atoms. The lowest BCUT2D eigenvalue weighted by Crippen LogP contribution is -2.48. The van der Waals surface area contributed by atoms with Crippen molar-refractivity contribution in [3.63, 3.8) is 0 Å². The Bertz CT molecular complexity index is 543. The normalized spacial score (nSPS) is 16.5. The lowest BCUT2D eigenvalue weighted by Gasteiger charge is -2.26. The molecule has 2 rings (SSSR count). The molecule has 1 aliphatic rings. The second-order valence-corrected chi connectivity index (χ2v) is 6.69. The highest BCUT2D eigenvalue weighted by Crippen LogP contribution is 2.19. The van der Waals surface area contributed by atoms with E-state index in [2.05, 4.69) is 17.6 Å². The van der Waals surface area contributed by atoms with Gasteiger partial charge < -0.3 is 10.6 Å². The summed E-state index contributed by atoms with van der Waals surface area (Å²) in [6.07, 6.45) is 4.03. The van der Waals surface area contributed by atoms with Gasteiger partial charge in [0.15, 0.2) is 0 Å². The van der Waals surface area contributed by atoms with Gasteiger partial charge >= 0.3 is 0 Å². The second kappa shape index (κ2) is 8.83. The van der Waals surface area contributed by atoms with E-state index in [9.17, 15) is 9.59 Å². The van der Waals surface area contributed by atoms with E-state index < -0.39 is 0 Å². The van der Waals surface area contributed by atoms with Crippen LogP contribution in [0.3, 0.4) is 0 Å². The van der Waals surface area contributed by atoms with Crippen molar-refractivity contribution < 1.29 is 9.59 Å². The van der Waals surface area contributed by atoms with Gasteiger partial charge in [-0.05, 0) is 38.8 Å². The second-order valence-electron chi connectivity index (χ2n) is 6.69. The number of likely N-dealkylation sites (N-methyl/N-ethyl adjacent to an activating group) is 1. The number of nitrogens with one attached hydrogen (secondary N) is 2. The maximum Gasteiger partial charge on any atom is 0.237 e. The van der Waals surface area contributed by atoms with Gasteiger partial charge in [-0.1, -0.05) is 43.7 Å². The Morgan fingerprint density at radius 1 is 1.25 bits per heavy atom. The summed E-state index contributed by atoms with van der Waals surface area (Å²) < 4.78 is 0. The van der Waals surface area contributed by atoms with Crippen molar-refractivity contribution in [1.82, 2.24) is 15.5 Å². The quantitative estimate of drug-likeness (QED) is 0.729. The molecule has 24 heavy (non-hydrogen) atoms. The molecule has 5 heteroatoms. The predicted octanol–water partition coefficient (Wildman–Crippen LogP) is 2.24. The molecule has 132 valence electrons. The van der Waals surface area contributed by atoms with Gasteiger partial charge in [-0.3, -0.25) is 14.5 Å². The zero-order valence-corrected chi connectivity index (χ0v) is 14.9. The average molecular weight is 331 g/mol. The molecule has 1 saturated carbocycles. The maximum atomic E-state index is 12.6. The fourth-order valence-electron chi connectivity index (χ4n) is 2.65. The van der Waals surface area contributed by atoms with Crippen LogP contribution < -0.4 is 10.6 Å². The summed E-state index contributed by atoms with van der Waals surface area (Å²) in [5, 5.41) is 6.08. The Balaban J connectivity index is 1.88. The molecule has 1 aliphatic carbocycles. The number of hydrogen-bond acceptors (Lipinski definition) is 3. The Kier molecular flexibility index (Phi) is 6.79. The van der Waals surface area contributed by atoms with Gasteiger partial charge in [-0.15, -0.1) is 0 Å². The van der Waals surface area contributed by atoms with Crippen molar-refractivity contribution in [2.24, 2.45) is 0 Å². The molecule has 2 amide bonds. The van der Waals surface area contributed by atoms with Crippen molar-refractivity contribution in [2.45, 2.75) is 57.7 Å². The summed E-state index contributed by atoms with van der Waals surface area (Å²) in [4.78, 5) is 26.3. The maximum absolute atomic E-state index is 12.6. The highest BCUT2D eigenvalue weighted by molar-refractivity contribution is 5.83. The van der Waals surface area contributed by atoms with E-state index in [0.29, 0.717) is 6.04 Å². The topological polar surface area (TPSA) is 61.4 Å². The van der Waals surface area contributed by atoms with Gasteiger partial charge in [-0.2, -0.15) is 0 Å². The van der Waals surface area contributed by atoms with Gasteiger partial charge in [-0.25, -0.2) is 0 Å². The molecule has 0 aromatic heterocycles. The van der Waals surface area contributed by atoms with Crippen LogP contribution in [-0.4, -0.2) is 42.4 Å². The lowest BCUT2D eigenvalue weighted by molar-refractivity contribution is -0.128. The third-order valence-electron chi connectivity index (χ3n) is 4.47. The molecule has 0 saturated heterocycles. The zero-order chi connectivity index (χ0) is 17.5. The molecule has 2 N–H and O–H groups in total. The highest BCUT2D eigenvalue weighted by atomic mass is 16.2. The minimum absolute atomic E-state index is 0.00665. The van der Waals surface area contributed by atoms with E-state index in [1.165, 1.54) is 0 Å². The van der Waals surface area contributed by atoms with E-state index in [4.69, 9.17) is 0 Å². The predicted molar refractivity (Wildman–Crippen MR) is 95.5 cm³/mol. The van der Waals surface area contributed by atoms with Crippen LogP contribution in [0.15, 0.2) is 30.3 Å². The molecule has 1 fully saturated rings. The highest BCUT2D eigenvalue weighted by Gasteiger charge is 2.26. The van der Waals surface area contributed by atoms with E-state index in [1.807, 2.05) is 44.3 Å². The van der Waals surface area contributed by atoms with Crippen LogP contribution in [0.4, 0.5) is 0 Å². The van der Waals surface area contributed by atoms with E-state index >= 15 is 0 Å². The fraction of sp³-hybridized carbons (Fsp3) is 0.579. The van der Waals surface area contributed by atoms with Crippen molar-refractivity contribution in [3.8, 4) is 0 Å². The van der Waals surface area contributed by atoms with Gasteiger partial charge in [0.25, 0.3) is 0 Å². The molecular formula is C19H29N3O2. The molecule has 0 radical (unpaired) electrons. The summed E-state index contributed by atoms with van der Waals surface area (Å²) in [5.74, 6) is -0.0492. The summed E-state index contributed by atoms with van der Waals surface area (Å²) in [5.41, 5.74) is 1.12. The number of rotatable bonds is 9. The van der Waals surface area contributed by atoms with E-state index in [0.717, 1.165) is 31.2 Å². The van der Waals surface area contributed by atoms with Crippen LogP contribution in [0.25, 0.3) is 0 Å². The number of amides is 2. The molecule has 2 atom stereocenters. The van der Waals surface area contributed by atoms with Crippen LogP contribution in [0.1, 0.15) is 51.1 Å². The van der Waals surface area contributed by atoms with Crippen LogP contribution in [-0.2, 0) is 9.59 Å². The minimum Gasteiger partial charge on any atom is -0.352 e. The smallest absolute Gasteiger partial charge is 0.237 e. The van der Waals surface area contributed by atoms with Crippen LogP contribution in [0.2, 0.25) is 0 Å². The van der Waals surface area contributed by atoms with Crippen molar-refractivity contribution in [1.29, 1.82) is 0 Å². The van der Waals surface area contributed by atoms with Crippen molar-refractivity contribution >= 4 is 11.8 Å². The first-order valence-electron chi connectivity index (χ1n) is 8.86. The number of hydrogen-bond donors (Lipinski definition) is 2. The molecule has 0 heterocycles. The van der Waals surface area contributed by atoms with Crippen molar-refractivity contribution in [3.05, 3.63) is 35.9 Å². The molecule has 5 nitrogen and oxygen atoms in total. The third-order valence-corrected chi connectivity index (χ3v) is 4.47. The Morgan fingerprint density at radius 3 is 2.50 bits per heavy atom. The molecule has 1 aromatic carbocycles. The van der Waals surface area contributed by atoms with Crippen molar-refractivity contribution in [2.75, 3.05) is 13.6 Å². The molecular weight excluding hydrogens is 302 g/mol. The first kappa shape index (κ1) is 18.5. The summed E-state index contributed by atoms with van der Waals surface area (Å²) in [7, 11) is 1.81. The van der Waals surface area contributed by atoms with E-state index in [-0.39, 0.29) is 30.4 Å². The molecule has 2 unspecified atom stereocenters. The minimum atomic E-state index is -0.349. The Labute approximate surface area is 144 Å². The number of carbonyl (C=O) groups is 2. The molecule has 0 aliphatic heterocycles. The van der Waals surface area contributed by atoms with E-state index in [1.54, 1.807) is 4.90 Å². The number of carbonyl (C=O) groups excluding carboxylic acids is 2. The Hall–Kier alpha value is -1.88. The van der Waals surface area contributed by atoms with Crippen LogP contribution >= 0.6 is 0 Å². The monoisotopic (exact) mass is 331 g/mol. The average Bonchev–Trinajstić information content (AvgIpc) is 3.38. The standard InChI is InChI=1S/C19H29N3O2/c1-4-8-17(15-9-6-5-7-10-15)21-19(24)14(2)22(3)13-18(23)20-16-11-12-16/h5-7,9-10,14,16-17H,4,8,11-13H2,1-3H3,(H,20,23)(H,21,24). The van der Waals surface area contributed by atoms with Gasteiger partial charge in [0.05, 0.1) is 18.6 Å². The SMILES string of the molecule is CCCC(NC(=O)C(C)N(C)CC(=O)NC1CC1)c1ccccc1. The fourth-order valence-corrected chi connectivity index (χ4v) is 2.65. The number of benzene rings is 1. The largest absolute Gasteiger partial charge is 0.352 e. The molecule has 1 aromatic rings. The van der Waals surface area contributed by atoms with Gasteiger partial charge in [0, 0.05) is 6.04 Å².